The zero-order valence-corrected chi connectivity index (χ0v) is 8.10. The van der Waals surface area contributed by atoms with Crippen molar-refractivity contribution in [3.05, 3.63) is 0 Å². The zero-order valence-electron chi connectivity index (χ0n) is 8.10. The summed E-state index contributed by atoms with van der Waals surface area (Å²) in [5.41, 5.74) is 0. The highest BCUT2D eigenvalue weighted by Crippen LogP contribution is 1.92. The monoisotopic (exact) mass is 206 g/mol. The number of rotatable bonds is 5. The molecule has 14 heavy (non-hydrogen) atoms. The number of hydrogen-bond donors (Lipinski definition) is 2. The van der Waals surface area contributed by atoms with E-state index >= 15 is 0 Å². The Hall–Kier alpha value is -1.14. The van der Waals surface area contributed by atoms with E-state index in [0.29, 0.717) is 0 Å². The van der Waals surface area contributed by atoms with Crippen LogP contribution in [0.5, 0.6) is 0 Å². The van der Waals surface area contributed by atoms with Crippen LogP contribution in [0.25, 0.3) is 0 Å². The molecule has 6 heteroatoms. The van der Waals surface area contributed by atoms with E-state index in [0.717, 1.165) is 0 Å². The number of carbonyl (C=O) groups is 2. The van der Waals surface area contributed by atoms with Gasteiger partial charge in [0.1, 0.15) is 25.4 Å². The van der Waals surface area contributed by atoms with Crippen LogP contribution >= 0.6 is 0 Å². The smallest absolute Gasteiger partial charge is 0.334 e. The molecule has 0 aromatic carbocycles. The van der Waals surface area contributed by atoms with E-state index in [2.05, 4.69) is 9.47 Å². The number of hydrogen-bond acceptors (Lipinski definition) is 6. The first-order chi connectivity index (χ1) is 6.43. The highest BCUT2D eigenvalue weighted by Gasteiger charge is 2.13. The minimum absolute atomic E-state index is 0.234. The molecule has 0 aromatic rings. The van der Waals surface area contributed by atoms with E-state index in [-0.39, 0.29) is 13.2 Å². The molecule has 0 aliphatic rings. The first kappa shape index (κ1) is 12.9. The van der Waals surface area contributed by atoms with E-state index < -0.39 is 24.1 Å². The fourth-order valence-corrected chi connectivity index (χ4v) is 0.561. The van der Waals surface area contributed by atoms with Crippen LogP contribution in [0.2, 0.25) is 0 Å². The van der Waals surface area contributed by atoms with Gasteiger partial charge >= 0.3 is 11.9 Å². The normalized spacial score (nSPS) is 14.3. The molecule has 0 spiro atoms. The number of esters is 2. The SMILES string of the molecule is CC(=O)OCC(O)COC(=O)C(C)O. The molecule has 0 fully saturated rings. The van der Waals surface area contributed by atoms with Crippen LogP contribution < -0.4 is 0 Å². The lowest BCUT2D eigenvalue weighted by molar-refractivity contribution is -0.157. The number of carbonyl (C=O) groups excluding carboxylic acids is 2. The van der Waals surface area contributed by atoms with Gasteiger partial charge in [-0.25, -0.2) is 4.79 Å². The Morgan fingerprint density at radius 3 is 2.14 bits per heavy atom. The predicted octanol–water partition coefficient (Wildman–Crippen LogP) is -1.17. The second-order valence-electron chi connectivity index (χ2n) is 2.76. The number of aliphatic hydroxyl groups is 2. The van der Waals surface area contributed by atoms with Crippen molar-refractivity contribution >= 4 is 11.9 Å². The van der Waals surface area contributed by atoms with Gasteiger partial charge in [0, 0.05) is 6.92 Å². The maximum absolute atomic E-state index is 10.7. The van der Waals surface area contributed by atoms with Gasteiger partial charge in [-0.2, -0.15) is 0 Å². The Morgan fingerprint density at radius 2 is 1.71 bits per heavy atom. The van der Waals surface area contributed by atoms with Crippen molar-refractivity contribution in [3.63, 3.8) is 0 Å². The predicted molar refractivity (Wildman–Crippen MR) is 45.3 cm³/mol. The Balaban J connectivity index is 3.58. The molecule has 0 saturated heterocycles. The molecule has 2 unspecified atom stereocenters. The van der Waals surface area contributed by atoms with Gasteiger partial charge in [0.2, 0.25) is 0 Å². The Bertz CT molecular complexity index is 200. The van der Waals surface area contributed by atoms with Gasteiger partial charge in [0.05, 0.1) is 0 Å². The summed E-state index contributed by atoms with van der Waals surface area (Å²) in [4.78, 5) is 21.0. The van der Waals surface area contributed by atoms with Gasteiger partial charge in [0.25, 0.3) is 0 Å². The van der Waals surface area contributed by atoms with Crippen LogP contribution in [0.4, 0.5) is 0 Å². The fourth-order valence-electron chi connectivity index (χ4n) is 0.561. The van der Waals surface area contributed by atoms with Crippen LogP contribution in [-0.4, -0.2) is 47.6 Å². The third-order valence-electron chi connectivity index (χ3n) is 1.24. The molecule has 0 heterocycles. The summed E-state index contributed by atoms with van der Waals surface area (Å²) in [6.07, 6.45) is -2.29. The zero-order chi connectivity index (χ0) is 11.1. The van der Waals surface area contributed by atoms with E-state index in [4.69, 9.17) is 10.2 Å². The summed E-state index contributed by atoms with van der Waals surface area (Å²) < 4.78 is 8.92. The van der Waals surface area contributed by atoms with E-state index in [1.807, 2.05) is 0 Å². The lowest BCUT2D eigenvalue weighted by Crippen LogP contribution is -2.28. The Kier molecular flexibility index (Phi) is 5.82. The third kappa shape index (κ3) is 6.38. The first-order valence-corrected chi connectivity index (χ1v) is 4.09. The van der Waals surface area contributed by atoms with Crippen LogP contribution in [0.1, 0.15) is 13.8 Å². The summed E-state index contributed by atoms with van der Waals surface area (Å²) in [6, 6.07) is 0. The van der Waals surface area contributed by atoms with Crippen molar-refractivity contribution in [2.45, 2.75) is 26.1 Å². The van der Waals surface area contributed by atoms with Crippen molar-refractivity contribution in [1.82, 2.24) is 0 Å². The molecule has 0 bridgehead atoms. The van der Waals surface area contributed by atoms with Crippen molar-refractivity contribution < 1.29 is 29.3 Å². The van der Waals surface area contributed by atoms with E-state index in [1.54, 1.807) is 0 Å². The highest BCUT2D eigenvalue weighted by atomic mass is 16.6. The fraction of sp³-hybridized carbons (Fsp3) is 0.750. The van der Waals surface area contributed by atoms with Gasteiger partial charge in [-0.1, -0.05) is 0 Å². The topological polar surface area (TPSA) is 93.1 Å². The van der Waals surface area contributed by atoms with Crippen molar-refractivity contribution in [2.75, 3.05) is 13.2 Å². The summed E-state index contributed by atoms with van der Waals surface area (Å²) in [6.45, 7) is 1.91. The van der Waals surface area contributed by atoms with Crippen LogP contribution in [0, 0.1) is 0 Å². The molecule has 6 nitrogen and oxygen atoms in total. The summed E-state index contributed by atoms with van der Waals surface area (Å²) in [5, 5.41) is 17.8. The Morgan fingerprint density at radius 1 is 1.21 bits per heavy atom. The maximum atomic E-state index is 10.7. The molecule has 2 atom stereocenters. The second kappa shape index (κ2) is 6.33. The summed E-state index contributed by atoms with van der Waals surface area (Å²) >= 11 is 0. The van der Waals surface area contributed by atoms with Gasteiger partial charge in [-0.15, -0.1) is 0 Å². The number of ether oxygens (including phenoxy) is 2. The van der Waals surface area contributed by atoms with Gasteiger partial charge in [0.15, 0.2) is 0 Å². The minimum atomic E-state index is -1.23. The van der Waals surface area contributed by atoms with Crippen LogP contribution in [0.3, 0.4) is 0 Å². The van der Waals surface area contributed by atoms with Crippen molar-refractivity contribution in [2.24, 2.45) is 0 Å². The van der Waals surface area contributed by atoms with E-state index in [9.17, 15) is 9.59 Å². The van der Waals surface area contributed by atoms with E-state index in [1.165, 1.54) is 13.8 Å². The van der Waals surface area contributed by atoms with Gasteiger partial charge in [-0.05, 0) is 6.92 Å². The van der Waals surface area contributed by atoms with Gasteiger partial charge in [-0.3, -0.25) is 4.79 Å². The molecular weight excluding hydrogens is 192 g/mol. The third-order valence-corrected chi connectivity index (χ3v) is 1.24. The first-order valence-electron chi connectivity index (χ1n) is 4.09. The lowest BCUT2D eigenvalue weighted by atomic mass is 10.4. The standard InChI is InChI=1S/C8H14O6/c1-5(9)8(12)14-4-7(11)3-13-6(2)10/h5,7,9,11H,3-4H2,1-2H3. The molecule has 0 radical (unpaired) electrons. The summed E-state index contributed by atoms with van der Waals surface area (Å²) in [7, 11) is 0. The lowest BCUT2D eigenvalue weighted by Gasteiger charge is -2.11. The average Bonchev–Trinajstić information content (AvgIpc) is 2.10. The average molecular weight is 206 g/mol. The molecular formula is C8H14O6. The maximum Gasteiger partial charge on any atom is 0.334 e. The van der Waals surface area contributed by atoms with Gasteiger partial charge < -0.3 is 19.7 Å². The highest BCUT2D eigenvalue weighted by molar-refractivity contribution is 5.73. The minimum Gasteiger partial charge on any atom is -0.463 e. The molecule has 82 valence electrons. The molecule has 0 rings (SSSR count). The molecule has 2 N–H and O–H groups in total. The van der Waals surface area contributed by atoms with Crippen LogP contribution in [0.15, 0.2) is 0 Å². The Labute approximate surface area is 81.4 Å². The molecule has 0 saturated carbocycles. The quantitative estimate of drug-likeness (QED) is 0.551. The molecule has 0 amide bonds. The van der Waals surface area contributed by atoms with Crippen molar-refractivity contribution in [1.29, 1.82) is 0 Å². The van der Waals surface area contributed by atoms with Crippen molar-refractivity contribution in [3.8, 4) is 0 Å². The van der Waals surface area contributed by atoms with Crippen LogP contribution in [-0.2, 0) is 19.1 Å². The summed E-state index contributed by atoms with van der Waals surface area (Å²) in [5.74, 6) is -1.35. The second-order valence-corrected chi connectivity index (χ2v) is 2.76. The number of aliphatic hydroxyl groups excluding tert-OH is 2. The molecule has 0 aromatic heterocycles. The molecule has 0 aliphatic heterocycles. The molecule has 0 aliphatic carbocycles. The largest absolute Gasteiger partial charge is 0.463 e.